The molecule has 1 saturated heterocycles. The molecule has 54 heavy (non-hydrogen) atoms. The number of methoxy groups -OCH3 is 2. The number of hydrogen-bond donors (Lipinski definition) is 3. The van der Waals surface area contributed by atoms with Crippen LogP contribution in [0.25, 0.3) is 0 Å². The molecule has 2 rings (SSSR count). The Morgan fingerprint density at radius 2 is 1.54 bits per heavy atom. The lowest BCUT2D eigenvalue weighted by molar-refractivity contribution is -0.148. The van der Waals surface area contributed by atoms with Gasteiger partial charge < -0.3 is 35.0 Å². The normalized spacial score (nSPS) is 19.1. The first kappa shape index (κ1) is 46.6. The van der Waals surface area contributed by atoms with Gasteiger partial charge in [0.1, 0.15) is 12.1 Å². The van der Waals surface area contributed by atoms with E-state index in [4.69, 9.17) is 9.47 Å². The number of carbonyl (C=O) groups is 5. The maximum Gasteiger partial charge on any atom is 0.326 e. The van der Waals surface area contributed by atoms with E-state index in [-0.39, 0.29) is 48.3 Å². The van der Waals surface area contributed by atoms with E-state index in [1.165, 1.54) is 7.11 Å². The second kappa shape index (κ2) is 22.1. The topological polar surface area (TPSA) is 158 Å². The second-order valence-corrected chi connectivity index (χ2v) is 15.7. The van der Waals surface area contributed by atoms with Crippen molar-refractivity contribution < 1.29 is 38.6 Å². The number of aliphatic carboxylic acids is 1. The highest BCUT2D eigenvalue weighted by Crippen LogP contribution is 2.30. The number of rotatable bonds is 22. The second-order valence-electron chi connectivity index (χ2n) is 15.7. The Kier molecular flexibility index (Phi) is 19.1. The minimum atomic E-state index is -1.14. The average molecular weight is 760 g/mol. The summed E-state index contributed by atoms with van der Waals surface area (Å²) in [5.41, 5.74) is 0.786. The summed E-state index contributed by atoms with van der Waals surface area (Å²) < 4.78 is 11.9. The molecule has 3 N–H and O–H groups in total. The highest BCUT2D eigenvalue weighted by molar-refractivity contribution is 5.90. The van der Waals surface area contributed by atoms with Gasteiger partial charge in [0.2, 0.25) is 23.6 Å². The number of carboxylic acids is 1. The van der Waals surface area contributed by atoms with Crippen LogP contribution < -0.4 is 10.6 Å². The summed E-state index contributed by atoms with van der Waals surface area (Å²) >= 11 is 0. The lowest BCUT2D eigenvalue weighted by atomic mass is 9.89. The van der Waals surface area contributed by atoms with E-state index in [1.807, 2.05) is 90.7 Å². The SMILES string of the molecule is CC[C@H](C)[C@@H](C(CC(=O)N1CCC[C@H]1C(OC)[C@@H](C)C(=O)N[C@@H](Cc1ccccc1)C(=O)O)OC)N(C)C(=O)[C@@H](NC(=O)[C@H](C(C)C)N(C)CC)C(C)C. The number of amides is 4. The van der Waals surface area contributed by atoms with Crippen LogP contribution in [0.2, 0.25) is 0 Å². The molecule has 306 valence electrons. The fourth-order valence-corrected chi connectivity index (χ4v) is 7.84. The highest BCUT2D eigenvalue weighted by Gasteiger charge is 2.43. The van der Waals surface area contributed by atoms with Crippen molar-refractivity contribution in [3.05, 3.63) is 35.9 Å². The Morgan fingerprint density at radius 3 is 2.04 bits per heavy atom. The minimum Gasteiger partial charge on any atom is -0.480 e. The fourth-order valence-electron chi connectivity index (χ4n) is 7.84. The maximum absolute atomic E-state index is 14.3. The minimum absolute atomic E-state index is 0.00970. The zero-order valence-electron chi connectivity index (χ0n) is 34.8. The predicted molar refractivity (Wildman–Crippen MR) is 210 cm³/mol. The van der Waals surface area contributed by atoms with Crippen molar-refractivity contribution in [2.24, 2.45) is 23.7 Å². The zero-order chi connectivity index (χ0) is 40.9. The molecule has 1 aromatic rings. The molecule has 13 nitrogen and oxygen atoms in total. The van der Waals surface area contributed by atoms with E-state index in [0.717, 1.165) is 12.0 Å². The summed E-state index contributed by atoms with van der Waals surface area (Å²) in [6, 6.07) is 5.91. The number of likely N-dealkylation sites (N-methyl/N-ethyl adjacent to an activating group) is 2. The van der Waals surface area contributed by atoms with Gasteiger partial charge in [-0.2, -0.15) is 0 Å². The van der Waals surface area contributed by atoms with Gasteiger partial charge in [-0.15, -0.1) is 0 Å². The lowest BCUT2D eigenvalue weighted by Crippen LogP contribution is -2.60. The first-order valence-electron chi connectivity index (χ1n) is 19.6. The molecule has 0 bridgehead atoms. The fraction of sp³-hybridized carbons (Fsp3) is 0.732. The molecule has 1 heterocycles. The number of carboxylic acid groups (broad SMARTS) is 1. The molecule has 1 aliphatic rings. The van der Waals surface area contributed by atoms with Crippen LogP contribution in [0.5, 0.6) is 0 Å². The molecule has 4 amide bonds. The van der Waals surface area contributed by atoms with Crippen LogP contribution >= 0.6 is 0 Å². The van der Waals surface area contributed by atoms with E-state index in [2.05, 4.69) is 10.6 Å². The molecule has 1 aliphatic heterocycles. The van der Waals surface area contributed by atoms with Crippen molar-refractivity contribution in [1.82, 2.24) is 25.3 Å². The summed E-state index contributed by atoms with van der Waals surface area (Å²) in [7, 11) is 6.66. The lowest BCUT2D eigenvalue weighted by Gasteiger charge is -2.41. The summed E-state index contributed by atoms with van der Waals surface area (Å²) in [6.45, 7) is 16.7. The largest absolute Gasteiger partial charge is 0.480 e. The Hall–Kier alpha value is -3.55. The van der Waals surface area contributed by atoms with Gasteiger partial charge in [0.05, 0.1) is 42.7 Å². The monoisotopic (exact) mass is 760 g/mol. The molecule has 1 aromatic carbocycles. The number of likely N-dealkylation sites (tertiary alicyclic amines) is 1. The van der Waals surface area contributed by atoms with Gasteiger partial charge in [-0.25, -0.2) is 4.79 Å². The van der Waals surface area contributed by atoms with Gasteiger partial charge >= 0.3 is 5.97 Å². The quantitative estimate of drug-likeness (QED) is 0.160. The Labute approximate surface area is 323 Å². The summed E-state index contributed by atoms with van der Waals surface area (Å²) in [6.07, 6.45) is 0.821. The molecule has 9 atom stereocenters. The number of carbonyl (C=O) groups excluding carboxylic acids is 4. The molecule has 1 fully saturated rings. The molecule has 0 aliphatic carbocycles. The van der Waals surface area contributed by atoms with Gasteiger partial charge in [-0.3, -0.25) is 24.1 Å². The first-order valence-corrected chi connectivity index (χ1v) is 19.6. The van der Waals surface area contributed by atoms with Crippen LogP contribution in [0.4, 0.5) is 0 Å². The van der Waals surface area contributed by atoms with Crippen molar-refractivity contribution in [2.75, 3.05) is 41.4 Å². The van der Waals surface area contributed by atoms with Crippen LogP contribution in [0, 0.1) is 23.7 Å². The smallest absolute Gasteiger partial charge is 0.326 e. The van der Waals surface area contributed by atoms with E-state index in [9.17, 15) is 29.1 Å². The molecular weight excluding hydrogens is 690 g/mol. The van der Waals surface area contributed by atoms with Crippen LogP contribution in [-0.2, 0) is 39.9 Å². The summed E-state index contributed by atoms with van der Waals surface area (Å²) in [5, 5.41) is 15.6. The van der Waals surface area contributed by atoms with Gasteiger partial charge in [0.25, 0.3) is 0 Å². The van der Waals surface area contributed by atoms with Crippen molar-refractivity contribution in [3.8, 4) is 0 Å². The predicted octanol–water partition coefficient (Wildman–Crippen LogP) is 3.84. The summed E-state index contributed by atoms with van der Waals surface area (Å²) in [4.78, 5) is 73.0. The number of benzene rings is 1. The highest BCUT2D eigenvalue weighted by atomic mass is 16.5. The van der Waals surface area contributed by atoms with Gasteiger partial charge in [-0.05, 0) is 49.8 Å². The third-order valence-corrected chi connectivity index (χ3v) is 11.3. The Bertz CT molecular complexity index is 1360. The standard InChI is InChI=1S/C41H69N5O8/c1-13-27(7)36(45(10)40(50)34(25(3)4)43-39(49)35(26(5)6)44(9)14-2)32(53-11)24-33(47)46-22-18-21-31(46)37(54-12)28(8)38(48)42-30(41(51)52)23-29-19-16-15-17-20-29/h15-17,19-20,25-28,30-32,34-37H,13-14,18,21-24H2,1-12H3,(H,42,48)(H,43,49)(H,51,52)/t27-,28+,30-,31-,32?,34-,35-,36-,37?/m0/s1. The van der Waals surface area contributed by atoms with Gasteiger partial charge in [0.15, 0.2) is 0 Å². The van der Waals surface area contributed by atoms with Crippen LogP contribution in [0.15, 0.2) is 30.3 Å². The molecule has 13 heteroatoms. The van der Waals surface area contributed by atoms with E-state index in [1.54, 1.807) is 30.9 Å². The van der Waals surface area contributed by atoms with Crippen LogP contribution in [-0.4, -0.2) is 133 Å². The summed E-state index contributed by atoms with van der Waals surface area (Å²) in [5.74, 6) is -3.18. The third-order valence-electron chi connectivity index (χ3n) is 11.3. The van der Waals surface area contributed by atoms with Crippen molar-refractivity contribution in [1.29, 1.82) is 0 Å². The molecular formula is C41H69N5O8. The average Bonchev–Trinajstić information content (AvgIpc) is 3.62. The Balaban J connectivity index is 2.28. The van der Waals surface area contributed by atoms with Crippen molar-refractivity contribution in [3.63, 3.8) is 0 Å². The Morgan fingerprint density at radius 1 is 0.907 bits per heavy atom. The van der Waals surface area contributed by atoms with Crippen LogP contribution in [0.1, 0.15) is 86.6 Å². The molecule has 0 spiro atoms. The van der Waals surface area contributed by atoms with Crippen molar-refractivity contribution >= 4 is 29.6 Å². The molecule has 0 radical (unpaired) electrons. The number of ether oxygens (including phenoxy) is 2. The first-order chi connectivity index (χ1) is 25.4. The maximum atomic E-state index is 14.3. The molecule has 0 aromatic heterocycles. The van der Waals surface area contributed by atoms with Crippen LogP contribution in [0.3, 0.4) is 0 Å². The van der Waals surface area contributed by atoms with E-state index < -0.39 is 60.2 Å². The molecule has 0 saturated carbocycles. The van der Waals surface area contributed by atoms with Crippen molar-refractivity contribution in [2.45, 2.75) is 130 Å². The number of nitrogens with one attached hydrogen (secondary N) is 2. The van der Waals surface area contributed by atoms with E-state index >= 15 is 0 Å². The van der Waals surface area contributed by atoms with E-state index in [0.29, 0.717) is 25.9 Å². The van der Waals surface area contributed by atoms with Gasteiger partial charge in [-0.1, -0.05) is 92.1 Å². The molecule has 2 unspecified atom stereocenters. The third kappa shape index (κ3) is 12.2. The van der Waals surface area contributed by atoms with Gasteiger partial charge in [0, 0.05) is 34.2 Å². The zero-order valence-corrected chi connectivity index (χ0v) is 34.8. The number of nitrogens with zero attached hydrogens (tertiary/aromatic N) is 3. The number of hydrogen-bond acceptors (Lipinski definition) is 8.